The van der Waals surface area contributed by atoms with Gasteiger partial charge < -0.3 is 0 Å². The maximum atomic E-state index is 11.6. The Labute approximate surface area is 120 Å². The summed E-state index contributed by atoms with van der Waals surface area (Å²) in [6.45, 7) is 6.12. The quantitative estimate of drug-likeness (QED) is 0.827. The van der Waals surface area contributed by atoms with E-state index in [9.17, 15) is 4.79 Å². The van der Waals surface area contributed by atoms with Gasteiger partial charge in [0.2, 0.25) is 0 Å². The molecule has 0 amide bonds. The molecule has 0 N–H and O–H groups in total. The Balaban J connectivity index is 2.18. The largest absolute Gasteiger partial charge is 0.300 e. The Morgan fingerprint density at radius 3 is 2.68 bits per heavy atom. The van der Waals surface area contributed by atoms with Gasteiger partial charge in [-0.1, -0.05) is 30.7 Å². The molecule has 1 aliphatic heterocycles. The molecule has 1 atom stereocenters. The van der Waals surface area contributed by atoms with Gasteiger partial charge in [0.1, 0.15) is 5.78 Å². The number of benzene rings is 1. The zero-order valence-corrected chi connectivity index (χ0v) is 12.5. The summed E-state index contributed by atoms with van der Waals surface area (Å²) < 4.78 is 0. The molecule has 1 aliphatic rings. The minimum atomic E-state index is 0.184. The Kier molecular flexibility index (Phi) is 5.00. The first kappa shape index (κ1) is 14.5. The van der Waals surface area contributed by atoms with Crippen LogP contribution in [-0.2, 0) is 4.79 Å². The van der Waals surface area contributed by atoms with Crippen LogP contribution in [0, 0.1) is 5.92 Å². The maximum Gasteiger partial charge on any atom is 0.131 e. The molecule has 1 aromatic rings. The third kappa shape index (κ3) is 4.05. The van der Waals surface area contributed by atoms with Gasteiger partial charge in [-0.3, -0.25) is 9.69 Å². The third-order valence-electron chi connectivity index (χ3n) is 3.97. The Bertz CT molecular complexity index is 438. The lowest BCUT2D eigenvalue weighted by atomic mass is 9.94. The minimum Gasteiger partial charge on any atom is -0.300 e. The number of Topliss-reactive ketones (excluding diaryl/α,β-unsaturated/α-hetero) is 1. The van der Waals surface area contributed by atoms with E-state index in [1.807, 2.05) is 18.2 Å². The van der Waals surface area contributed by atoms with Gasteiger partial charge >= 0.3 is 0 Å². The molecular formula is C16H22ClNO. The highest BCUT2D eigenvalue weighted by molar-refractivity contribution is 6.30. The lowest BCUT2D eigenvalue weighted by Gasteiger charge is -2.36. The number of nitrogens with zero attached hydrogens (tertiary/aromatic N) is 1. The highest BCUT2D eigenvalue weighted by Crippen LogP contribution is 2.30. The van der Waals surface area contributed by atoms with E-state index in [-0.39, 0.29) is 11.8 Å². The summed E-state index contributed by atoms with van der Waals surface area (Å²) in [7, 11) is 0. The van der Waals surface area contributed by atoms with Crippen molar-refractivity contribution >= 4 is 17.4 Å². The molecule has 0 saturated carbocycles. The van der Waals surface area contributed by atoms with Crippen LogP contribution in [0.1, 0.15) is 44.7 Å². The van der Waals surface area contributed by atoms with Crippen LogP contribution in [0.4, 0.5) is 0 Å². The number of carbonyl (C=O) groups excluding carboxylic acids is 1. The van der Waals surface area contributed by atoms with Crippen LogP contribution in [0.15, 0.2) is 24.3 Å². The first-order valence-electron chi connectivity index (χ1n) is 7.05. The van der Waals surface area contributed by atoms with Crippen molar-refractivity contribution in [2.75, 3.05) is 13.1 Å². The van der Waals surface area contributed by atoms with Crippen LogP contribution in [0.2, 0.25) is 5.02 Å². The molecule has 2 rings (SSSR count). The second kappa shape index (κ2) is 6.53. The van der Waals surface area contributed by atoms with Gasteiger partial charge in [-0.05, 0) is 56.5 Å². The van der Waals surface area contributed by atoms with E-state index in [0.29, 0.717) is 6.42 Å². The number of ketones is 1. The van der Waals surface area contributed by atoms with Crippen molar-refractivity contribution in [2.45, 2.75) is 39.2 Å². The number of halogens is 1. The fraction of sp³-hybridized carbons (Fsp3) is 0.562. The lowest BCUT2D eigenvalue weighted by molar-refractivity contribution is -0.118. The van der Waals surface area contributed by atoms with Gasteiger partial charge in [-0.25, -0.2) is 0 Å². The van der Waals surface area contributed by atoms with Crippen LogP contribution < -0.4 is 0 Å². The highest BCUT2D eigenvalue weighted by atomic mass is 35.5. The standard InChI is InChI=1S/C16H22ClNO/c1-12-6-8-18(9-7-12)16(10-13(2)19)14-4-3-5-15(17)11-14/h3-5,11-12,16H,6-10H2,1-2H3. The molecule has 0 aliphatic carbocycles. The summed E-state index contributed by atoms with van der Waals surface area (Å²) >= 11 is 6.08. The fourth-order valence-corrected chi connectivity index (χ4v) is 2.98. The lowest BCUT2D eigenvalue weighted by Crippen LogP contribution is -2.37. The highest BCUT2D eigenvalue weighted by Gasteiger charge is 2.25. The minimum absolute atomic E-state index is 0.184. The van der Waals surface area contributed by atoms with Crippen LogP contribution in [0.25, 0.3) is 0 Å². The number of hydrogen-bond acceptors (Lipinski definition) is 2. The molecule has 1 unspecified atom stereocenters. The SMILES string of the molecule is CC(=O)CC(c1cccc(Cl)c1)N1CCC(C)CC1. The van der Waals surface area contributed by atoms with E-state index in [0.717, 1.165) is 29.6 Å². The number of rotatable bonds is 4. The molecule has 0 spiro atoms. The van der Waals surface area contributed by atoms with Gasteiger partial charge in [0.15, 0.2) is 0 Å². The Morgan fingerprint density at radius 2 is 2.11 bits per heavy atom. The zero-order valence-electron chi connectivity index (χ0n) is 11.7. The van der Waals surface area contributed by atoms with E-state index >= 15 is 0 Å². The molecular weight excluding hydrogens is 258 g/mol. The van der Waals surface area contributed by atoms with Crippen molar-refractivity contribution in [1.29, 1.82) is 0 Å². The number of piperidine rings is 1. The smallest absolute Gasteiger partial charge is 0.131 e. The second-order valence-electron chi connectivity index (χ2n) is 5.70. The first-order chi connectivity index (χ1) is 9.06. The molecule has 0 bridgehead atoms. The van der Waals surface area contributed by atoms with Crippen molar-refractivity contribution in [2.24, 2.45) is 5.92 Å². The molecule has 19 heavy (non-hydrogen) atoms. The molecule has 1 saturated heterocycles. The summed E-state index contributed by atoms with van der Waals surface area (Å²) in [5.74, 6) is 1.04. The predicted octanol–water partition coefficient (Wildman–Crippen LogP) is 4.09. The van der Waals surface area contributed by atoms with Gasteiger partial charge in [0.25, 0.3) is 0 Å². The van der Waals surface area contributed by atoms with Crippen molar-refractivity contribution in [3.8, 4) is 0 Å². The average Bonchev–Trinajstić information content (AvgIpc) is 2.37. The van der Waals surface area contributed by atoms with Crippen molar-refractivity contribution in [3.63, 3.8) is 0 Å². The topological polar surface area (TPSA) is 20.3 Å². The molecule has 2 nitrogen and oxygen atoms in total. The van der Waals surface area contributed by atoms with Crippen molar-refractivity contribution < 1.29 is 4.79 Å². The van der Waals surface area contributed by atoms with Gasteiger partial charge in [-0.15, -0.1) is 0 Å². The molecule has 104 valence electrons. The molecule has 3 heteroatoms. The summed E-state index contributed by atoms with van der Waals surface area (Å²) in [4.78, 5) is 14.0. The van der Waals surface area contributed by atoms with Crippen LogP contribution in [0.3, 0.4) is 0 Å². The number of likely N-dealkylation sites (tertiary alicyclic amines) is 1. The van der Waals surface area contributed by atoms with Crippen molar-refractivity contribution in [3.05, 3.63) is 34.9 Å². The van der Waals surface area contributed by atoms with E-state index in [1.165, 1.54) is 12.8 Å². The van der Waals surface area contributed by atoms with Gasteiger partial charge in [0, 0.05) is 17.5 Å². The van der Waals surface area contributed by atoms with E-state index in [4.69, 9.17) is 11.6 Å². The summed E-state index contributed by atoms with van der Waals surface area (Å²) in [6.07, 6.45) is 3.01. The van der Waals surface area contributed by atoms with Gasteiger partial charge in [0.05, 0.1) is 0 Å². The average molecular weight is 280 g/mol. The monoisotopic (exact) mass is 279 g/mol. The van der Waals surface area contributed by atoms with Crippen LogP contribution in [-0.4, -0.2) is 23.8 Å². The second-order valence-corrected chi connectivity index (χ2v) is 6.13. The van der Waals surface area contributed by atoms with E-state index in [2.05, 4.69) is 17.9 Å². The molecule has 1 fully saturated rings. The summed E-state index contributed by atoms with van der Waals surface area (Å²) in [6, 6.07) is 8.11. The Morgan fingerprint density at radius 1 is 1.42 bits per heavy atom. The summed E-state index contributed by atoms with van der Waals surface area (Å²) in [5.41, 5.74) is 1.16. The Hall–Kier alpha value is -0.860. The molecule has 1 heterocycles. The molecule has 1 aromatic carbocycles. The third-order valence-corrected chi connectivity index (χ3v) is 4.21. The van der Waals surface area contributed by atoms with Crippen molar-refractivity contribution in [1.82, 2.24) is 4.90 Å². The molecule has 0 radical (unpaired) electrons. The fourth-order valence-electron chi connectivity index (χ4n) is 2.78. The normalized spacial score (nSPS) is 19.3. The maximum absolute atomic E-state index is 11.6. The van der Waals surface area contributed by atoms with Crippen LogP contribution in [0.5, 0.6) is 0 Å². The number of hydrogen-bond donors (Lipinski definition) is 0. The molecule has 0 aromatic heterocycles. The predicted molar refractivity (Wildman–Crippen MR) is 79.5 cm³/mol. The summed E-state index contributed by atoms with van der Waals surface area (Å²) in [5, 5.41) is 0.747. The zero-order chi connectivity index (χ0) is 13.8. The van der Waals surface area contributed by atoms with Gasteiger partial charge in [-0.2, -0.15) is 0 Å². The first-order valence-corrected chi connectivity index (χ1v) is 7.43. The van der Waals surface area contributed by atoms with E-state index < -0.39 is 0 Å². The van der Waals surface area contributed by atoms with E-state index in [1.54, 1.807) is 6.92 Å². The van der Waals surface area contributed by atoms with Crippen LogP contribution >= 0.6 is 11.6 Å². The number of carbonyl (C=O) groups is 1.